The van der Waals surface area contributed by atoms with Crippen molar-refractivity contribution in [2.45, 2.75) is 132 Å². The first-order chi connectivity index (χ1) is 20.3. The average molecular weight is 568 g/mol. The maximum Gasteiger partial charge on any atom is 0.0409 e. The molecule has 0 atom stereocenters. The van der Waals surface area contributed by atoms with Gasteiger partial charge >= 0.3 is 0 Å². The van der Waals surface area contributed by atoms with Crippen LogP contribution in [0.25, 0.3) is 0 Å². The molecule has 3 nitrogen and oxygen atoms in total. The Balaban J connectivity index is 1.05. The van der Waals surface area contributed by atoms with Gasteiger partial charge in [-0.25, -0.2) is 0 Å². The Bertz CT molecular complexity index is 992. The van der Waals surface area contributed by atoms with Gasteiger partial charge < -0.3 is 14.7 Å². The van der Waals surface area contributed by atoms with Gasteiger partial charge in [0.15, 0.2) is 0 Å². The molecule has 0 unspecified atom stereocenters. The van der Waals surface area contributed by atoms with E-state index in [2.05, 4.69) is 54.0 Å². The summed E-state index contributed by atoms with van der Waals surface area (Å²) in [5, 5.41) is 0. The maximum absolute atomic E-state index is 2.87. The largest absolute Gasteiger partial charge is 0.369 e. The maximum atomic E-state index is 2.87. The van der Waals surface area contributed by atoms with Crippen LogP contribution < -0.4 is 14.7 Å². The van der Waals surface area contributed by atoms with Crippen molar-refractivity contribution < 1.29 is 0 Å². The number of rotatable bonds is 6. The Morgan fingerprint density at radius 2 is 0.524 bits per heavy atom. The fourth-order valence-corrected chi connectivity index (χ4v) is 15.4. The SMILES string of the molecule is CN(c1cc(N(C)C23CC4CC(CC(C4)C2)C3)cc(N(C)C23CC4CC(CC(C4)C2)C3)c1)C12CC3CC(CC(C3)C1)C2. The molecule has 0 heterocycles. The lowest BCUT2D eigenvalue weighted by Crippen LogP contribution is -2.60. The van der Waals surface area contributed by atoms with Crippen molar-refractivity contribution in [3.63, 3.8) is 0 Å². The Morgan fingerprint density at radius 1 is 0.357 bits per heavy atom. The fourth-order valence-electron chi connectivity index (χ4n) is 15.4. The summed E-state index contributed by atoms with van der Waals surface area (Å²) in [4.78, 5) is 8.60. The first kappa shape index (κ1) is 25.9. The predicted octanol–water partition coefficient (Wildman–Crippen LogP) is 8.90. The second-order valence-electron chi connectivity index (χ2n) is 18.8. The summed E-state index contributed by atoms with van der Waals surface area (Å²) in [6.07, 6.45) is 26.8. The van der Waals surface area contributed by atoms with E-state index in [-0.39, 0.29) is 0 Å². The molecule has 1 aromatic rings. The summed E-state index contributed by atoms with van der Waals surface area (Å²) in [7, 11) is 7.56. The van der Waals surface area contributed by atoms with Crippen molar-refractivity contribution in [1.82, 2.24) is 0 Å². The average Bonchev–Trinajstić information content (AvgIpc) is 2.93. The normalized spacial score (nSPS) is 50.5. The number of benzene rings is 1. The summed E-state index contributed by atoms with van der Waals surface area (Å²) < 4.78 is 0. The van der Waals surface area contributed by atoms with Crippen LogP contribution in [-0.4, -0.2) is 37.8 Å². The second-order valence-corrected chi connectivity index (χ2v) is 18.8. The Labute approximate surface area is 256 Å². The van der Waals surface area contributed by atoms with E-state index in [1.807, 2.05) is 0 Å². The van der Waals surface area contributed by atoms with Crippen LogP contribution in [0.4, 0.5) is 17.1 Å². The smallest absolute Gasteiger partial charge is 0.0409 e. The summed E-state index contributed by atoms with van der Waals surface area (Å²) >= 11 is 0. The van der Waals surface area contributed by atoms with Gasteiger partial charge in [-0.3, -0.25) is 0 Å². The molecule has 0 saturated heterocycles. The van der Waals surface area contributed by atoms with Gasteiger partial charge in [0.2, 0.25) is 0 Å². The van der Waals surface area contributed by atoms with Crippen molar-refractivity contribution in [2.24, 2.45) is 53.3 Å². The van der Waals surface area contributed by atoms with Gasteiger partial charge in [0.25, 0.3) is 0 Å². The van der Waals surface area contributed by atoms with E-state index in [4.69, 9.17) is 0 Å². The van der Waals surface area contributed by atoms with Crippen LogP contribution in [0.2, 0.25) is 0 Å². The molecule has 0 aromatic heterocycles. The number of hydrogen-bond donors (Lipinski definition) is 0. The Morgan fingerprint density at radius 3 is 0.690 bits per heavy atom. The molecule has 12 aliphatic rings. The monoisotopic (exact) mass is 567 g/mol. The number of hydrogen-bond acceptors (Lipinski definition) is 3. The van der Waals surface area contributed by atoms with Crippen molar-refractivity contribution >= 4 is 17.1 Å². The van der Waals surface area contributed by atoms with Gasteiger partial charge in [0.05, 0.1) is 0 Å². The molecule has 12 bridgehead atoms. The molecule has 228 valence electrons. The molecule has 12 aliphatic carbocycles. The minimum atomic E-state index is 0.406. The molecule has 0 N–H and O–H groups in total. The van der Waals surface area contributed by atoms with Crippen LogP contribution in [0.1, 0.15) is 116 Å². The predicted molar refractivity (Wildman–Crippen MR) is 174 cm³/mol. The molecule has 12 saturated carbocycles. The van der Waals surface area contributed by atoms with E-state index in [0.29, 0.717) is 16.6 Å². The van der Waals surface area contributed by atoms with Crippen LogP contribution in [0, 0.1) is 53.3 Å². The molecule has 1 aromatic carbocycles. The molecule has 12 fully saturated rings. The number of nitrogens with zero attached hydrogens (tertiary/aromatic N) is 3. The molecule has 42 heavy (non-hydrogen) atoms. The van der Waals surface area contributed by atoms with Crippen molar-refractivity contribution in [3.05, 3.63) is 18.2 Å². The number of anilines is 3. The van der Waals surface area contributed by atoms with Gasteiger partial charge in [-0.15, -0.1) is 0 Å². The molecular formula is C39H57N3. The van der Waals surface area contributed by atoms with Crippen LogP contribution in [0.3, 0.4) is 0 Å². The van der Waals surface area contributed by atoms with Crippen molar-refractivity contribution in [2.75, 3.05) is 35.8 Å². The Kier molecular flexibility index (Phi) is 5.34. The van der Waals surface area contributed by atoms with Gasteiger partial charge in [-0.1, -0.05) is 0 Å². The van der Waals surface area contributed by atoms with Crippen molar-refractivity contribution in [1.29, 1.82) is 0 Å². The third-order valence-corrected chi connectivity index (χ3v) is 16.2. The highest BCUT2D eigenvalue weighted by atomic mass is 15.2. The minimum Gasteiger partial charge on any atom is -0.369 e. The molecular weight excluding hydrogens is 510 g/mol. The summed E-state index contributed by atoms with van der Waals surface area (Å²) in [6, 6.07) is 8.02. The zero-order chi connectivity index (χ0) is 28.0. The zero-order valence-corrected chi connectivity index (χ0v) is 27.0. The third-order valence-electron chi connectivity index (χ3n) is 16.2. The van der Waals surface area contributed by atoms with Gasteiger partial charge in [-0.2, -0.15) is 0 Å². The first-order valence-corrected chi connectivity index (χ1v) is 18.6. The van der Waals surface area contributed by atoms with E-state index in [1.54, 1.807) is 0 Å². The highest BCUT2D eigenvalue weighted by molar-refractivity contribution is 5.71. The molecule has 0 aliphatic heterocycles. The zero-order valence-electron chi connectivity index (χ0n) is 27.0. The van der Waals surface area contributed by atoms with Crippen LogP contribution >= 0.6 is 0 Å². The summed E-state index contributed by atoms with van der Waals surface area (Å²) in [5.41, 5.74) is 5.84. The van der Waals surface area contributed by atoms with Gasteiger partial charge in [0.1, 0.15) is 0 Å². The van der Waals surface area contributed by atoms with Crippen LogP contribution in [-0.2, 0) is 0 Å². The summed E-state index contributed by atoms with van der Waals surface area (Å²) in [5.74, 6) is 8.92. The lowest BCUT2D eigenvalue weighted by Gasteiger charge is -2.62. The standard InChI is InChI=1S/C39H57N3/c1-40(37-16-25-4-26(17-37)6-27(5-25)18-37)34-13-35(41(2)38-19-28-7-29(20-38)9-30(8-28)21-38)15-36(14-34)42(3)39-22-31-10-32(23-39)12-33(11-31)24-39/h13-15,25-33H,4-12,16-24H2,1-3H3. The second kappa shape index (κ2) is 8.66. The first-order valence-electron chi connectivity index (χ1n) is 18.6. The van der Waals surface area contributed by atoms with Gasteiger partial charge in [0, 0.05) is 54.8 Å². The van der Waals surface area contributed by atoms with E-state index in [9.17, 15) is 0 Å². The lowest BCUT2D eigenvalue weighted by molar-refractivity contribution is -0.00268. The quantitative estimate of drug-likeness (QED) is 0.340. The van der Waals surface area contributed by atoms with Crippen molar-refractivity contribution in [3.8, 4) is 0 Å². The Hall–Kier alpha value is -1.38. The fraction of sp³-hybridized carbons (Fsp3) is 0.846. The third kappa shape index (κ3) is 3.70. The molecule has 0 amide bonds. The van der Waals surface area contributed by atoms with Crippen LogP contribution in [0.15, 0.2) is 18.2 Å². The minimum absolute atomic E-state index is 0.406. The topological polar surface area (TPSA) is 9.72 Å². The highest BCUT2D eigenvalue weighted by Gasteiger charge is 2.56. The van der Waals surface area contributed by atoms with Crippen LogP contribution in [0.5, 0.6) is 0 Å². The molecule has 3 heteroatoms. The molecule has 0 radical (unpaired) electrons. The molecule has 13 rings (SSSR count). The van der Waals surface area contributed by atoms with E-state index < -0.39 is 0 Å². The molecule has 0 spiro atoms. The van der Waals surface area contributed by atoms with E-state index in [0.717, 1.165) is 53.3 Å². The van der Waals surface area contributed by atoms with E-state index in [1.165, 1.54) is 133 Å². The lowest BCUT2D eigenvalue weighted by atomic mass is 9.52. The summed E-state index contributed by atoms with van der Waals surface area (Å²) in [6.45, 7) is 0. The highest BCUT2D eigenvalue weighted by Crippen LogP contribution is 2.62. The van der Waals surface area contributed by atoms with E-state index >= 15 is 0 Å². The van der Waals surface area contributed by atoms with Gasteiger partial charge in [-0.05, 0) is 187 Å².